The Balaban J connectivity index is 3.20. The average Bonchev–Trinajstić information content (AvgIpc) is 2.22. The van der Waals surface area contributed by atoms with Crippen molar-refractivity contribution in [3.8, 4) is 0 Å². The van der Waals surface area contributed by atoms with Crippen molar-refractivity contribution in [1.29, 1.82) is 0 Å². The summed E-state index contributed by atoms with van der Waals surface area (Å²) in [6.07, 6.45) is 11.7. The van der Waals surface area contributed by atoms with Crippen LogP contribution in [0.15, 0.2) is 12.2 Å². The molecule has 0 amide bonds. The summed E-state index contributed by atoms with van der Waals surface area (Å²) in [6.45, 7) is 4.63. The predicted octanol–water partition coefficient (Wildman–Crippen LogP) is 3.86. The van der Waals surface area contributed by atoms with E-state index in [0.29, 0.717) is 13.0 Å². The summed E-state index contributed by atoms with van der Waals surface area (Å²) in [5.41, 5.74) is 0. The summed E-state index contributed by atoms with van der Waals surface area (Å²) in [5, 5.41) is 0. The van der Waals surface area contributed by atoms with Gasteiger partial charge in [0, 0.05) is 6.42 Å². The van der Waals surface area contributed by atoms with Crippen molar-refractivity contribution in [2.75, 3.05) is 6.61 Å². The Hall–Kier alpha value is -0.790. The van der Waals surface area contributed by atoms with Crippen LogP contribution in [0.5, 0.6) is 0 Å². The van der Waals surface area contributed by atoms with E-state index in [4.69, 9.17) is 4.74 Å². The number of unbranched alkanes of at least 4 members (excludes halogenated alkanes) is 4. The van der Waals surface area contributed by atoms with Crippen LogP contribution < -0.4 is 0 Å². The topological polar surface area (TPSA) is 26.3 Å². The molecular formula is C13H24O2. The second-order valence-electron chi connectivity index (χ2n) is 3.75. The van der Waals surface area contributed by atoms with Gasteiger partial charge in [0.25, 0.3) is 0 Å². The van der Waals surface area contributed by atoms with Gasteiger partial charge in [0.15, 0.2) is 0 Å². The highest BCUT2D eigenvalue weighted by Crippen LogP contribution is 2.02. The van der Waals surface area contributed by atoms with Crippen LogP contribution in [0, 0.1) is 0 Å². The highest BCUT2D eigenvalue weighted by molar-refractivity contribution is 5.69. The van der Waals surface area contributed by atoms with Crippen molar-refractivity contribution >= 4 is 5.97 Å². The maximum absolute atomic E-state index is 11.0. The first kappa shape index (κ1) is 14.2. The van der Waals surface area contributed by atoms with Gasteiger partial charge in [-0.25, -0.2) is 0 Å². The third-order valence-electron chi connectivity index (χ3n) is 2.19. The maximum Gasteiger partial charge on any atom is 0.306 e. The molecule has 0 saturated heterocycles. The zero-order valence-electron chi connectivity index (χ0n) is 10.1. The van der Waals surface area contributed by atoms with E-state index in [9.17, 15) is 4.79 Å². The number of hydrogen-bond acceptors (Lipinski definition) is 2. The van der Waals surface area contributed by atoms with Gasteiger partial charge in [0.1, 0.15) is 6.61 Å². The van der Waals surface area contributed by atoms with Gasteiger partial charge in [0.2, 0.25) is 0 Å². The highest BCUT2D eigenvalue weighted by Gasteiger charge is 1.96. The molecular weight excluding hydrogens is 188 g/mol. The van der Waals surface area contributed by atoms with Crippen molar-refractivity contribution in [2.45, 2.75) is 58.8 Å². The van der Waals surface area contributed by atoms with E-state index >= 15 is 0 Å². The molecule has 0 aromatic rings. The lowest BCUT2D eigenvalue weighted by molar-refractivity contribution is -0.142. The maximum atomic E-state index is 11.0. The third-order valence-corrected chi connectivity index (χ3v) is 2.19. The Bertz CT molecular complexity index is 173. The lowest BCUT2D eigenvalue weighted by atomic mass is 10.1. The monoisotopic (exact) mass is 212 g/mol. The SMILES string of the molecule is CCCCCCC=CCOC(=O)CCC. The zero-order valence-corrected chi connectivity index (χ0v) is 10.1. The summed E-state index contributed by atoms with van der Waals surface area (Å²) < 4.78 is 4.98. The number of ether oxygens (including phenoxy) is 1. The predicted molar refractivity (Wildman–Crippen MR) is 63.8 cm³/mol. The van der Waals surface area contributed by atoms with E-state index in [-0.39, 0.29) is 5.97 Å². The molecule has 0 aromatic heterocycles. The molecule has 0 radical (unpaired) electrons. The summed E-state index contributed by atoms with van der Waals surface area (Å²) in [4.78, 5) is 11.0. The molecule has 0 aliphatic carbocycles. The molecule has 0 fully saturated rings. The number of carbonyl (C=O) groups excluding carboxylic acids is 1. The Morgan fingerprint density at radius 2 is 1.87 bits per heavy atom. The highest BCUT2D eigenvalue weighted by atomic mass is 16.5. The molecule has 0 N–H and O–H groups in total. The van der Waals surface area contributed by atoms with Gasteiger partial charge in [-0.1, -0.05) is 45.3 Å². The van der Waals surface area contributed by atoms with Gasteiger partial charge in [-0.2, -0.15) is 0 Å². The Kier molecular flexibility index (Phi) is 10.7. The molecule has 0 spiro atoms. The summed E-state index contributed by atoms with van der Waals surface area (Å²) in [5.74, 6) is -0.0897. The van der Waals surface area contributed by atoms with Crippen molar-refractivity contribution in [3.63, 3.8) is 0 Å². The molecule has 0 aliphatic heterocycles. The summed E-state index contributed by atoms with van der Waals surface area (Å²) in [7, 11) is 0. The molecule has 0 bridgehead atoms. The van der Waals surface area contributed by atoms with E-state index in [1.54, 1.807) is 0 Å². The second-order valence-corrected chi connectivity index (χ2v) is 3.75. The van der Waals surface area contributed by atoms with E-state index in [2.05, 4.69) is 13.0 Å². The van der Waals surface area contributed by atoms with E-state index in [1.165, 1.54) is 25.7 Å². The van der Waals surface area contributed by atoms with E-state index in [1.807, 2.05) is 13.0 Å². The Labute approximate surface area is 93.7 Å². The number of carbonyl (C=O) groups is 1. The van der Waals surface area contributed by atoms with Crippen LogP contribution in [0.2, 0.25) is 0 Å². The molecule has 2 nitrogen and oxygen atoms in total. The average molecular weight is 212 g/mol. The van der Waals surface area contributed by atoms with Crippen molar-refractivity contribution in [1.82, 2.24) is 0 Å². The molecule has 15 heavy (non-hydrogen) atoms. The molecule has 0 aliphatic rings. The second kappa shape index (κ2) is 11.3. The zero-order chi connectivity index (χ0) is 11.4. The van der Waals surface area contributed by atoms with Crippen LogP contribution in [-0.2, 0) is 9.53 Å². The Morgan fingerprint density at radius 1 is 1.07 bits per heavy atom. The number of esters is 1. The first-order valence-corrected chi connectivity index (χ1v) is 6.11. The van der Waals surface area contributed by atoms with Crippen LogP contribution in [0.3, 0.4) is 0 Å². The number of rotatable bonds is 9. The molecule has 88 valence electrons. The smallest absolute Gasteiger partial charge is 0.306 e. The van der Waals surface area contributed by atoms with E-state index < -0.39 is 0 Å². The fraction of sp³-hybridized carbons (Fsp3) is 0.769. The number of hydrogen-bond donors (Lipinski definition) is 0. The fourth-order valence-corrected chi connectivity index (χ4v) is 1.29. The molecule has 0 saturated carbocycles. The van der Waals surface area contributed by atoms with Crippen molar-refractivity contribution in [3.05, 3.63) is 12.2 Å². The van der Waals surface area contributed by atoms with E-state index in [0.717, 1.165) is 12.8 Å². The standard InChI is InChI=1S/C13H24O2/c1-3-5-6-7-8-9-10-12-15-13(14)11-4-2/h9-10H,3-8,11-12H2,1-2H3. The van der Waals surface area contributed by atoms with Gasteiger partial charge < -0.3 is 4.74 Å². The molecule has 0 heterocycles. The normalized spacial score (nSPS) is 10.8. The minimum Gasteiger partial charge on any atom is -0.461 e. The minimum absolute atomic E-state index is 0.0897. The molecule has 0 aromatic carbocycles. The largest absolute Gasteiger partial charge is 0.461 e. The van der Waals surface area contributed by atoms with Crippen LogP contribution in [0.25, 0.3) is 0 Å². The molecule has 0 atom stereocenters. The molecule has 2 heteroatoms. The van der Waals surface area contributed by atoms with Crippen LogP contribution in [0.1, 0.15) is 58.8 Å². The lowest BCUT2D eigenvalue weighted by Crippen LogP contribution is -2.02. The van der Waals surface area contributed by atoms with Gasteiger partial charge in [-0.15, -0.1) is 0 Å². The van der Waals surface area contributed by atoms with Crippen LogP contribution >= 0.6 is 0 Å². The van der Waals surface area contributed by atoms with Gasteiger partial charge in [-0.05, 0) is 19.3 Å². The molecule has 0 rings (SSSR count). The third kappa shape index (κ3) is 11.1. The summed E-state index contributed by atoms with van der Waals surface area (Å²) >= 11 is 0. The van der Waals surface area contributed by atoms with Gasteiger partial charge in [-0.3, -0.25) is 4.79 Å². The first-order chi connectivity index (χ1) is 7.31. The minimum atomic E-state index is -0.0897. The lowest BCUT2D eigenvalue weighted by Gasteiger charge is -1.99. The first-order valence-electron chi connectivity index (χ1n) is 6.11. The quantitative estimate of drug-likeness (QED) is 0.329. The van der Waals surface area contributed by atoms with Crippen LogP contribution in [-0.4, -0.2) is 12.6 Å². The van der Waals surface area contributed by atoms with Crippen molar-refractivity contribution in [2.24, 2.45) is 0 Å². The molecule has 0 unspecified atom stereocenters. The Morgan fingerprint density at radius 3 is 2.53 bits per heavy atom. The van der Waals surface area contributed by atoms with Crippen molar-refractivity contribution < 1.29 is 9.53 Å². The number of allylic oxidation sites excluding steroid dienone is 1. The van der Waals surface area contributed by atoms with Gasteiger partial charge in [0.05, 0.1) is 0 Å². The van der Waals surface area contributed by atoms with Gasteiger partial charge >= 0.3 is 5.97 Å². The van der Waals surface area contributed by atoms with Crippen LogP contribution in [0.4, 0.5) is 0 Å². The fourth-order valence-electron chi connectivity index (χ4n) is 1.29. The summed E-state index contributed by atoms with van der Waals surface area (Å²) in [6, 6.07) is 0.